The zero-order chi connectivity index (χ0) is 13.0. The molecule has 0 saturated heterocycles. The fourth-order valence-electron chi connectivity index (χ4n) is 1.99. The van der Waals surface area contributed by atoms with Gasteiger partial charge in [0.05, 0.1) is 0 Å². The van der Waals surface area contributed by atoms with E-state index in [0.29, 0.717) is 0 Å². The van der Waals surface area contributed by atoms with Gasteiger partial charge in [0.2, 0.25) is 0 Å². The highest BCUT2D eigenvalue weighted by Crippen LogP contribution is 2.22. The standard InChI is InChI=1S/C16H18ClN/c1-3-13-6-4-9-16(10-13)18-12(2)14-7-5-8-15(17)11-14/h4-12,18H,3H2,1-2H3. The third kappa shape index (κ3) is 3.27. The summed E-state index contributed by atoms with van der Waals surface area (Å²) in [6.45, 7) is 4.31. The van der Waals surface area contributed by atoms with E-state index in [0.717, 1.165) is 17.1 Å². The zero-order valence-electron chi connectivity index (χ0n) is 10.8. The second-order valence-corrected chi connectivity index (χ2v) is 4.91. The normalized spacial score (nSPS) is 12.2. The average Bonchev–Trinajstić information content (AvgIpc) is 2.39. The summed E-state index contributed by atoms with van der Waals surface area (Å²) in [5.41, 5.74) is 3.70. The third-order valence-electron chi connectivity index (χ3n) is 3.07. The van der Waals surface area contributed by atoms with Crippen LogP contribution in [0.25, 0.3) is 0 Å². The highest BCUT2D eigenvalue weighted by Gasteiger charge is 2.05. The van der Waals surface area contributed by atoms with E-state index in [-0.39, 0.29) is 6.04 Å². The van der Waals surface area contributed by atoms with Crippen molar-refractivity contribution in [2.24, 2.45) is 0 Å². The van der Waals surface area contributed by atoms with Gasteiger partial charge in [0.15, 0.2) is 0 Å². The molecule has 0 aliphatic carbocycles. The lowest BCUT2D eigenvalue weighted by Crippen LogP contribution is -2.06. The molecule has 1 atom stereocenters. The van der Waals surface area contributed by atoms with E-state index in [2.05, 4.69) is 49.5 Å². The molecule has 0 aliphatic rings. The Labute approximate surface area is 114 Å². The van der Waals surface area contributed by atoms with Gasteiger partial charge in [0, 0.05) is 16.8 Å². The van der Waals surface area contributed by atoms with Gasteiger partial charge >= 0.3 is 0 Å². The molecule has 2 aromatic carbocycles. The van der Waals surface area contributed by atoms with Crippen LogP contribution in [-0.4, -0.2) is 0 Å². The minimum atomic E-state index is 0.246. The maximum atomic E-state index is 6.01. The Balaban J connectivity index is 2.13. The Morgan fingerprint density at radius 1 is 1.11 bits per heavy atom. The molecule has 0 spiro atoms. The molecule has 2 heteroatoms. The van der Waals surface area contributed by atoms with Gasteiger partial charge in [-0.15, -0.1) is 0 Å². The van der Waals surface area contributed by atoms with E-state index in [1.807, 2.05) is 18.2 Å². The van der Waals surface area contributed by atoms with Crippen LogP contribution in [0.2, 0.25) is 5.02 Å². The van der Waals surface area contributed by atoms with E-state index in [1.54, 1.807) is 0 Å². The van der Waals surface area contributed by atoms with Crippen LogP contribution in [-0.2, 0) is 6.42 Å². The molecule has 2 aromatic rings. The minimum absolute atomic E-state index is 0.246. The van der Waals surface area contributed by atoms with Crippen LogP contribution < -0.4 is 5.32 Å². The molecule has 0 bridgehead atoms. The van der Waals surface area contributed by atoms with E-state index >= 15 is 0 Å². The summed E-state index contributed by atoms with van der Waals surface area (Å²) in [6.07, 6.45) is 1.06. The van der Waals surface area contributed by atoms with Crippen molar-refractivity contribution < 1.29 is 0 Å². The average molecular weight is 260 g/mol. The number of nitrogens with one attached hydrogen (secondary N) is 1. The summed E-state index contributed by atoms with van der Waals surface area (Å²) >= 11 is 6.01. The lowest BCUT2D eigenvalue weighted by molar-refractivity contribution is 0.884. The van der Waals surface area contributed by atoms with Crippen molar-refractivity contribution in [3.63, 3.8) is 0 Å². The van der Waals surface area contributed by atoms with Gasteiger partial charge in [-0.05, 0) is 48.7 Å². The van der Waals surface area contributed by atoms with Crippen LogP contribution in [0.15, 0.2) is 48.5 Å². The molecule has 1 N–H and O–H groups in total. The minimum Gasteiger partial charge on any atom is -0.379 e. The maximum absolute atomic E-state index is 6.01. The summed E-state index contributed by atoms with van der Waals surface area (Å²) in [6, 6.07) is 16.8. The Morgan fingerprint density at radius 2 is 1.89 bits per heavy atom. The highest BCUT2D eigenvalue weighted by molar-refractivity contribution is 6.30. The van der Waals surface area contributed by atoms with E-state index in [9.17, 15) is 0 Å². The first-order chi connectivity index (χ1) is 8.69. The Hall–Kier alpha value is -1.47. The molecule has 0 saturated carbocycles. The molecular formula is C16H18ClN. The predicted molar refractivity (Wildman–Crippen MR) is 79.3 cm³/mol. The van der Waals surface area contributed by atoms with Crippen molar-refractivity contribution in [3.05, 3.63) is 64.7 Å². The molecule has 0 radical (unpaired) electrons. The predicted octanol–water partition coefficient (Wildman–Crippen LogP) is 5.08. The van der Waals surface area contributed by atoms with E-state index in [4.69, 9.17) is 11.6 Å². The van der Waals surface area contributed by atoms with E-state index in [1.165, 1.54) is 11.1 Å². The Kier molecular flexibility index (Phi) is 4.27. The number of benzene rings is 2. The van der Waals surface area contributed by atoms with Gasteiger partial charge in [0.25, 0.3) is 0 Å². The van der Waals surface area contributed by atoms with Crippen LogP contribution in [0.3, 0.4) is 0 Å². The SMILES string of the molecule is CCc1cccc(NC(C)c2cccc(Cl)c2)c1. The van der Waals surface area contributed by atoms with Gasteiger partial charge in [-0.25, -0.2) is 0 Å². The summed E-state index contributed by atoms with van der Waals surface area (Å²) in [5.74, 6) is 0. The smallest absolute Gasteiger partial charge is 0.0486 e. The molecule has 1 unspecified atom stereocenters. The number of halogens is 1. The number of aryl methyl sites for hydroxylation is 1. The van der Waals surface area contributed by atoms with Gasteiger partial charge in [-0.1, -0.05) is 42.8 Å². The summed E-state index contributed by atoms with van der Waals surface area (Å²) in [5, 5.41) is 4.28. The summed E-state index contributed by atoms with van der Waals surface area (Å²) in [4.78, 5) is 0. The summed E-state index contributed by atoms with van der Waals surface area (Å²) in [7, 11) is 0. The molecule has 0 amide bonds. The first-order valence-corrected chi connectivity index (χ1v) is 6.68. The van der Waals surface area contributed by atoms with Gasteiger partial charge in [-0.3, -0.25) is 0 Å². The van der Waals surface area contributed by atoms with Crippen LogP contribution in [0.5, 0.6) is 0 Å². The number of anilines is 1. The van der Waals surface area contributed by atoms with Crippen LogP contribution in [0.1, 0.15) is 31.0 Å². The van der Waals surface area contributed by atoms with Gasteiger partial charge in [-0.2, -0.15) is 0 Å². The van der Waals surface area contributed by atoms with Crippen LogP contribution >= 0.6 is 11.6 Å². The van der Waals surface area contributed by atoms with Crippen molar-refractivity contribution in [1.29, 1.82) is 0 Å². The number of rotatable bonds is 4. The largest absolute Gasteiger partial charge is 0.379 e. The Bertz CT molecular complexity index is 522. The van der Waals surface area contributed by atoms with Crippen molar-refractivity contribution in [2.45, 2.75) is 26.3 Å². The highest BCUT2D eigenvalue weighted by atomic mass is 35.5. The van der Waals surface area contributed by atoms with Gasteiger partial charge < -0.3 is 5.32 Å². The molecule has 0 fully saturated rings. The zero-order valence-corrected chi connectivity index (χ0v) is 11.5. The lowest BCUT2D eigenvalue weighted by Gasteiger charge is -2.16. The molecule has 0 aromatic heterocycles. The maximum Gasteiger partial charge on any atom is 0.0486 e. The molecular weight excluding hydrogens is 242 g/mol. The number of hydrogen-bond acceptors (Lipinski definition) is 1. The van der Waals surface area contributed by atoms with Crippen molar-refractivity contribution in [1.82, 2.24) is 0 Å². The van der Waals surface area contributed by atoms with Crippen molar-refractivity contribution in [3.8, 4) is 0 Å². The fraction of sp³-hybridized carbons (Fsp3) is 0.250. The molecule has 1 nitrogen and oxygen atoms in total. The van der Waals surface area contributed by atoms with Crippen molar-refractivity contribution >= 4 is 17.3 Å². The molecule has 94 valence electrons. The fourth-order valence-corrected chi connectivity index (χ4v) is 2.19. The third-order valence-corrected chi connectivity index (χ3v) is 3.30. The number of hydrogen-bond donors (Lipinski definition) is 1. The first-order valence-electron chi connectivity index (χ1n) is 6.30. The van der Waals surface area contributed by atoms with E-state index < -0.39 is 0 Å². The Morgan fingerprint density at radius 3 is 2.61 bits per heavy atom. The topological polar surface area (TPSA) is 12.0 Å². The van der Waals surface area contributed by atoms with Crippen molar-refractivity contribution in [2.75, 3.05) is 5.32 Å². The first kappa shape index (κ1) is 13.0. The molecule has 0 aliphatic heterocycles. The second-order valence-electron chi connectivity index (χ2n) is 4.47. The molecule has 0 heterocycles. The monoisotopic (exact) mass is 259 g/mol. The molecule has 2 rings (SSSR count). The van der Waals surface area contributed by atoms with Gasteiger partial charge in [0.1, 0.15) is 0 Å². The quantitative estimate of drug-likeness (QED) is 0.808. The summed E-state index contributed by atoms with van der Waals surface area (Å²) < 4.78 is 0. The molecule has 18 heavy (non-hydrogen) atoms. The lowest BCUT2D eigenvalue weighted by atomic mass is 10.1. The van der Waals surface area contributed by atoms with Crippen LogP contribution in [0.4, 0.5) is 5.69 Å². The second kappa shape index (κ2) is 5.92. The van der Waals surface area contributed by atoms with Crippen LogP contribution in [0, 0.1) is 0 Å².